The van der Waals surface area contributed by atoms with E-state index >= 15 is 0 Å². The van der Waals surface area contributed by atoms with E-state index in [1.165, 1.54) is 32.9 Å². The van der Waals surface area contributed by atoms with Crippen LogP contribution in [0.1, 0.15) is 26.3 Å². The first kappa shape index (κ1) is 15.2. The summed E-state index contributed by atoms with van der Waals surface area (Å²) in [4.78, 5) is 8.27. The molecule has 0 spiro atoms. The Kier molecular flexibility index (Phi) is 3.05. The molecule has 0 aliphatic carbocycles. The van der Waals surface area contributed by atoms with Crippen LogP contribution in [0.2, 0.25) is 0 Å². The van der Waals surface area contributed by atoms with Crippen molar-refractivity contribution >= 4 is 32.8 Å². The number of aromatic amines is 1. The maximum atomic E-state index is 4.63. The molecule has 0 saturated heterocycles. The normalized spacial score (nSPS) is 12.4. The summed E-state index contributed by atoms with van der Waals surface area (Å²) in [6, 6.07) is 21.3. The van der Waals surface area contributed by atoms with Crippen LogP contribution in [0.3, 0.4) is 0 Å². The van der Waals surface area contributed by atoms with E-state index < -0.39 is 0 Å². The van der Waals surface area contributed by atoms with Gasteiger partial charge >= 0.3 is 0 Å². The molecule has 5 aromatic rings. The fraction of sp³-hybridized carbons (Fsp3) is 0.174. The van der Waals surface area contributed by atoms with Gasteiger partial charge in [-0.15, -0.1) is 0 Å². The van der Waals surface area contributed by atoms with Gasteiger partial charge in [0.15, 0.2) is 0 Å². The van der Waals surface area contributed by atoms with E-state index in [1.807, 2.05) is 18.3 Å². The van der Waals surface area contributed by atoms with Gasteiger partial charge in [-0.1, -0.05) is 51.1 Å². The van der Waals surface area contributed by atoms with E-state index in [-0.39, 0.29) is 5.41 Å². The lowest BCUT2D eigenvalue weighted by Gasteiger charge is -2.19. The van der Waals surface area contributed by atoms with Crippen molar-refractivity contribution in [3.63, 3.8) is 0 Å². The number of para-hydroxylation sites is 1. The summed E-state index contributed by atoms with van der Waals surface area (Å²) in [5.74, 6) is 0.945. The molecule has 3 aromatic heterocycles. The van der Waals surface area contributed by atoms with Crippen LogP contribution in [-0.4, -0.2) is 14.5 Å². The molecule has 0 atom stereocenters. The molecule has 5 rings (SSSR count). The predicted octanol–water partition coefficient (Wildman–Crippen LogP) is 5.96. The van der Waals surface area contributed by atoms with Gasteiger partial charge in [-0.3, -0.25) is 4.57 Å². The lowest BCUT2D eigenvalue weighted by Crippen LogP contribution is -2.10. The second-order valence-corrected chi connectivity index (χ2v) is 7.90. The molecule has 3 nitrogen and oxygen atoms in total. The van der Waals surface area contributed by atoms with Crippen LogP contribution in [-0.2, 0) is 5.41 Å². The molecule has 0 fully saturated rings. The Morgan fingerprint density at radius 2 is 1.69 bits per heavy atom. The number of benzene rings is 2. The molecule has 3 heteroatoms. The fourth-order valence-electron chi connectivity index (χ4n) is 3.80. The number of aromatic nitrogens is 3. The number of fused-ring (bicyclic) bond motifs is 5. The number of rotatable bonds is 1. The third-order valence-corrected chi connectivity index (χ3v) is 5.15. The van der Waals surface area contributed by atoms with Crippen molar-refractivity contribution in [2.24, 2.45) is 0 Å². The Hall–Kier alpha value is -3.07. The van der Waals surface area contributed by atoms with Crippen molar-refractivity contribution in [2.75, 3.05) is 0 Å². The minimum atomic E-state index is 0.111. The van der Waals surface area contributed by atoms with E-state index in [4.69, 9.17) is 0 Å². The summed E-state index contributed by atoms with van der Waals surface area (Å²) < 4.78 is 2.27. The molecule has 0 radical (unpaired) electrons. The van der Waals surface area contributed by atoms with Crippen molar-refractivity contribution in [3.8, 4) is 5.82 Å². The third-order valence-electron chi connectivity index (χ3n) is 5.15. The molecule has 26 heavy (non-hydrogen) atoms. The maximum absolute atomic E-state index is 4.63. The lowest BCUT2D eigenvalue weighted by atomic mass is 9.86. The number of nitrogens with zero attached hydrogens (tertiary/aromatic N) is 2. The smallest absolute Gasteiger partial charge is 0.137 e. The predicted molar refractivity (Wildman–Crippen MR) is 109 cm³/mol. The Balaban J connectivity index is 1.99. The molecule has 0 aliphatic rings. The number of H-pyrrole nitrogens is 1. The van der Waals surface area contributed by atoms with E-state index in [1.54, 1.807) is 0 Å². The molecule has 0 bridgehead atoms. The first-order valence-corrected chi connectivity index (χ1v) is 9.01. The quantitative estimate of drug-likeness (QED) is 0.402. The molecule has 128 valence electrons. The summed E-state index contributed by atoms with van der Waals surface area (Å²) in [5.41, 5.74) is 6.16. The number of pyridine rings is 1. The van der Waals surface area contributed by atoms with E-state index in [0.717, 1.165) is 11.3 Å². The second kappa shape index (κ2) is 5.21. The van der Waals surface area contributed by atoms with Crippen LogP contribution in [0.25, 0.3) is 38.7 Å². The number of hydrogen-bond donors (Lipinski definition) is 1. The van der Waals surface area contributed by atoms with E-state index in [2.05, 4.69) is 83.8 Å². The van der Waals surface area contributed by atoms with Gasteiger partial charge in [0.1, 0.15) is 5.82 Å². The third kappa shape index (κ3) is 2.10. The molecule has 0 amide bonds. The minimum Gasteiger partial charge on any atom is -0.353 e. The molecule has 0 aliphatic heterocycles. The monoisotopic (exact) mass is 339 g/mol. The van der Waals surface area contributed by atoms with Gasteiger partial charge in [-0.2, -0.15) is 0 Å². The van der Waals surface area contributed by atoms with Gasteiger partial charge < -0.3 is 4.98 Å². The summed E-state index contributed by atoms with van der Waals surface area (Å²) in [7, 11) is 0. The van der Waals surface area contributed by atoms with Crippen molar-refractivity contribution in [2.45, 2.75) is 26.2 Å². The van der Waals surface area contributed by atoms with E-state index in [0.29, 0.717) is 0 Å². The molecule has 0 unspecified atom stereocenters. The summed E-state index contributed by atoms with van der Waals surface area (Å²) in [5, 5.41) is 2.47. The Morgan fingerprint density at radius 3 is 2.46 bits per heavy atom. The topological polar surface area (TPSA) is 33.6 Å². The highest BCUT2D eigenvalue weighted by atomic mass is 15.1. The van der Waals surface area contributed by atoms with Crippen molar-refractivity contribution in [1.29, 1.82) is 0 Å². The average Bonchev–Trinajstić information content (AvgIpc) is 3.16. The van der Waals surface area contributed by atoms with Gasteiger partial charge in [0.05, 0.1) is 16.6 Å². The Bertz CT molecular complexity index is 1250. The zero-order valence-electron chi connectivity index (χ0n) is 15.2. The largest absolute Gasteiger partial charge is 0.353 e. The Labute approximate surface area is 152 Å². The highest BCUT2D eigenvalue weighted by Crippen LogP contribution is 2.37. The van der Waals surface area contributed by atoms with Crippen molar-refractivity contribution in [1.82, 2.24) is 14.5 Å². The average molecular weight is 339 g/mol. The molecule has 0 saturated carbocycles. The summed E-state index contributed by atoms with van der Waals surface area (Å²) in [6.45, 7) is 6.77. The molecule has 3 heterocycles. The van der Waals surface area contributed by atoms with Gasteiger partial charge in [-0.05, 0) is 41.3 Å². The van der Waals surface area contributed by atoms with Gasteiger partial charge in [0.2, 0.25) is 0 Å². The van der Waals surface area contributed by atoms with Crippen LogP contribution in [0, 0.1) is 0 Å². The zero-order valence-corrected chi connectivity index (χ0v) is 15.2. The second-order valence-electron chi connectivity index (χ2n) is 7.90. The van der Waals surface area contributed by atoms with Crippen LogP contribution in [0.4, 0.5) is 0 Å². The summed E-state index contributed by atoms with van der Waals surface area (Å²) >= 11 is 0. The van der Waals surface area contributed by atoms with Crippen molar-refractivity contribution < 1.29 is 0 Å². The molecular weight excluding hydrogens is 318 g/mol. The van der Waals surface area contributed by atoms with E-state index in [9.17, 15) is 0 Å². The molecule has 2 aromatic carbocycles. The SMILES string of the molecule is CC(C)(C)c1ccc2c(c1)c1[nH]c3ccccc3c1n2-c1ccccn1. The van der Waals surface area contributed by atoms with Crippen LogP contribution < -0.4 is 0 Å². The van der Waals surface area contributed by atoms with Gasteiger partial charge in [0.25, 0.3) is 0 Å². The maximum Gasteiger partial charge on any atom is 0.137 e. The zero-order chi connectivity index (χ0) is 17.9. The highest BCUT2D eigenvalue weighted by Gasteiger charge is 2.20. The highest BCUT2D eigenvalue weighted by molar-refractivity contribution is 6.18. The minimum absolute atomic E-state index is 0.111. The first-order valence-electron chi connectivity index (χ1n) is 9.01. The van der Waals surface area contributed by atoms with Crippen LogP contribution >= 0.6 is 0 Å². The lowest BCUT2D eigenvalue weighted by molar-refractivity contribution is 0.591. The summed E-state index contributed by atoms with van der Waals surface area (Å²) in [6.07, 6.45) is 1.85. The number of nitrogens with one attached hydrogen (secondary N) is 1. The molecular formula is C23H21N3. The standard InChI is InChI=1S/C23H21N3/c1-23(2,3)15-11-12-19-17(14-15)21-22(16-8-4-5-9-18(16)25-21)26(19)20-10-6-7-13-24-20/h4-14,25H,1-3H3. The first-order chi connectivity index (χ1) is 12.5. The molecule has 1 N–H and O–H groups in total. The Morgan fingerprint density at radius 1 is 0.885 bits per heavy atom. The van der Waals surface area contributed by atoms with Crippen LogP contribution in [0.15, 0.2) is 66.9 Å². The van der Waals surface area contributed by atoms with Gasteiger partial charge in [0, 0.05) is 22.5 Å². The number of hydrogen-bond acceptors (Lipinski definition) is 1. The van der Waals surface area contributed by atoms with Gasteiger partial charge in [-0.25, -0.2) is 4.98 Å². The fourth-order valence-corrected chi connectivity index (χ4v) is 3.80. The van der Waals surface area contributed by atoms with Crippen molar-refractivity contribution in [3.05, 3.63) is 72.4 Å². The van der Waals surface area contributed by atoms with Crippen LogP contribution in [0.5, 0.6) is 0 Å².